The van der Waals surface area contributed by atoms with Gasteiger partial charge in [-0.1, -0.05) is 19.3 Å². The Morgan fingerprint density at radius 1 is 1.38 bits per heavy atom. The van der Waals surface area contributed by atoms with Gasteiger partial charge in [0.1, 0.15) is 0 Å². The minimum atomic E-state index is -1.01. The van der Waals surface area contributed by atoms with Gasteiger partial charge in [-0.2, -0.15) is 0 Å². The number of carboxylic acid groups (broad SMARTS) is 1. The Morgan fingerprint density at radius 2 is 1.92 bits per heavy atom. The Morgan fingerprint density at radius 3 is 2.38 bits per heavy atom. The van der Waals surface area contributed by atoms with E-state index < -0.39 is 11.6 Å². The van der Waals surface area contributed by atoms with Crippen LogP contribution in [-0.4, -0.2) is 21.8 Å². The van der Waals surface area contributed by atoms with E-state index >= 15 is 0 Å². The van der Waals surface area contributed by atoms with Crippen LogP contribution in [0.1, 0.15) is 45.4 Å². The molecule has 0 saturated heterocycles. The average Bonchev–Trinajstić information content (AvgIpc) is 2.04. The standard InChI is InChI=1S/C10H18O3/c1-10(13,7-9(11)12)8-5-3-2-4-6-8/h8,13H,2-7H2,1H3,(H,11,12). The lowest BCUT2D eigenvalue weighted by Crippen LogP contribution is -2.38. The van der Waals surface area contributed by atoms with E-state index in [0.717, 1.165) is 25.7 Å². The van der Waals surface area contributed by atoms with Gasteiger partial charge in [0.15, 0.2) is 0 Å². The molecule has 0 aliphatic heterocycles. The van der Waals surface area contributed by atoms with Gasteiger partial charge < -0.3 is 10.2 Å². The van der Waals surface area contributed by atoms with Crippen molar-refractivity contribution < 1.29 is 15.0 Å². The fourth-order valence-electron chi connectivity index (χ4n) is 2.17. The molecule has 3 heteroatoms. The van der Waals surface area contributed by atoms with E-state index in [2.05, 4.69) is 0 Å². The zero-order valence-corrected chi connectivity index (χ0v) is 8.12. The van der Waals surface area contributed by atoms with Crippen molar-refractivity contribution in [2.75, 3.05) is 0 Å². The lowest BCUT2D eigenvalue weighted by Gasteiger charge is -2.34. The van der Waals surface area contributed by atoms with Crippen LogP contribution in [0, 0.1) is 5.92 Å². The molecule has 2 N–H and O–H groups in total. The first-order valence-corrected chi connectivity index (χ1v) is 4.96. The summed E-state index contributed by atoms with van der Waals surface area (Å²) in [5.41, 5.74) is -1.01. The molecule has 0 bridgehead atoms. The van der Waals surface area contributed by atoms with Crippen LogP contribution >= 0.6 is 0 Å². The van der Waals surface area contributed by atoms with Crippen molar-refractivity contribution in [1.82, 2.24) is 0 Å². The van der Waals surface area contributed by atoms with Gasteiger partial charge in [-0.15, -0.1) is 0 Å². The zero-order valence-electron chi connectivity index (χ0n) is 8.12. The molecule has 1 unspecified atom stereocenters. The Kier molecular flexibility index (Phi) is 3.31. The molecule has 0 aromatic rings. The zero-order chi connectivity index (χ0) is 9.90. The van der Waals surface area contributed by atoms with E-state index in [4.69, 9.17) is 5.11 Å². The summed E-state index contributed by atoms with van der Waals surface area (Å²) in [4.78, 5) is 10.5. The molecule has 1 aliphatic rings. The third kappa shape index (κ3) is 2.99. The molecule has 3 nitrogen and oxygen atoms in total. The minimum Gasteiger partial charge on any atom is -0.481 e. The molecule has 0 aromatic carbocycles. The molecule has 0 amide bonds. The van der Waals surface area contributed by atoms with Crippen LogP contribution in [0.2, 0.25) is 0 Å². The van der Waals surface area contributed by atoms with Crippen molar-refractivity contribution in [3.63, 3.8) is 0 Å². The lowest BCUT2D eigenvalue weighted by molar-refractivity contribution is -0.144. The molecule has 1 aliphatic carbocycles. The third-order valence-corrected chi connectivity index (χ3v) is 2.99. The van der Waals surface area contributed by atoms with Crippen LogP contribution in [0.3, 0.4) is 0 Å². The van der Waals surface area contributed by atoms with Gasteiger partial charge in [-0.3, -0.25) is 4.79 Å². The van der Waals surface area contributed by atoms with Crippen molar-refractivity contribution >= 4 is 5.97 Å². The largest absolute Gasteiger partial charge is 0.481 e. The molecule has 1 fully saturated rings. The Balaban J connectivity index is 2.50. The Bertz CT molecular complexity index is 181. The van der Waals surface area contributed by atoms with Crippen LogP contribution < -0.4 is 0 Å². The predicted molar refractivity (Wildman–Crippen MR) is 49.5 cm³/mol. The van der Waals surface area contributed by atoms with Crippen LogP contribution in [0.5, 0.6) is 0 Å². The van der Waals surface area contributed by atoms with Crippen LogP contribution in [0.15, 0.2) is 0 Å². The molecule has 0 radical (unpaired) electrons. The van der Waals surface area contributed by atoms with Crippen molar-refractivity contribution in [2.45, 2.75) is 51.0 Å². The summed E-state index contributed by atoms with van der Waals surface area (Å²) >= 11 is 0. The van der Waals surface area contributed by atoms with E-state index in [-0.39, 0.29) is 12.3 Å². The number of aliphatic carboxylic acids is 1. The Labute approximate surface area is 78.8 Å². The van der Waals surface area contributed by atoms with Gasteiger partial charge in [-0.25, -0.2) is 0 Å². The van der Waals surface area contributed by atoms with Crippen LogP contribution in [0.25, 0.3) is 0 Å². The number of carbonyl (C=O) groups is 1. The van der Waals surface area contributed by atoms with Crippen molar-refractivity contribution in [1.29, 1.82) is 0 Å². The summed E-state index contributed by atoms with van der Waals surface area (Å²) < 4.78 is 0. The first-order valence-electron chi connectivity index (χ1n) is 4.96. The highest BCUT2D eigenvalue weighted by Gasteiger charge is 2.34. The molecule has 13 heavy (non-hydrogen) atoms. The van der Waals surface area contributed by atoms with Crippen molar-refractivity contribution in [3.8, 4) is 0 Å². The van der Waals surface area contributed by atoms with Gasteiger partial charge in [0.25, 0.3) is 0 Å². The van der Waals surface area contributed by atoms with Gasteiger partial charge in [0.2, 0.25) is 0 Å². The summed E-state index contributed by atoms with van der Waals surface area (Å²) in [7, 11) is 0. The average molecular weight is 186 g/mol. The molecule has 0 aromatic heterocycles. The van der Waals surface area contributed by atoms with Crippen molar-refractivity contribution in [3.05, 3.63) is 0 Å². The number of hydrogen-bond acceptors (Lipinski definition) is 2. The molecular formula is C10H18O3. The summed E-state index contributed by atoms with van der Waals surface area (Å²) in [6, 6.07) is 0. The van der Waals surface area contributed by atoms with Crippen LogP contribution in [0.4, 0.5) is 0 Å². The van der Waals surface area contributed by atoms with Crippen LogP contribution in [-0.2, 0) is 4.79 Å². The first kappa shape index (κ1) is 10.5. The molecule has 1 rings (SSSR count). The SMILES string of the molecule is CC(O)(CC(=O)O)C1CCCCC1. The normalized spacial score (nSPS) is 23.8. The maximum absolute atomic E-state index is 10.5. The van der Waals surface area contributed by atoms with E-state index in [1.807, 2.05) is 0 Å². The smallest absolute Gasteiger partial charge is 0.306 e. The topological polar surface area (TPSA) is 57.5 Å². The second-order valence-electron chi connectivity index (χ2n) is 4.26. The number of carboxylic acids is 1. The third-order valence-electron chi connectivity index (χ3n) is 2.99. The van der Waals surface area contributed by atoms with Gasteiger partial charge in [0.05, 0.1) is 12.0 Å². The summed E-state index contributed by atoms with van der Waals surface area (Å²) in [5, 5.41) is 18.5. The number of rotatable bonds is 3. The molecule has 1 saturated carbocycles. The first-order chi connectivity index (χ1) is 6.02. The van der Waals surface area contributed by atoms with Crippen molar-refractivity contribution in [2.24, 2.45) is 5.92 Å². The predicted octanol–water partition coefficient (Wildman–Crippen LogP) is 1.79. The molecular weight excluding hydrogens is 168 g/mol. The fraction of sp³-hybridized carbons (Fsp3) is 0.900. The molecule has 76 valence electrons. The summed E-state index contributed by atoms with van der Waals surface area (Å²) in [6.45, 7) is 1.65. The number of aliphatic hydroxyl groups is 1. The number of hydrogen-bond donors (Lipinski definition) is 2. The quantitative estimate of drug-likeness (QED) is 0.706. The minimum absolute atomic E-state index is 0.127. The van der Waals surface area contributed by atoms with Gasteiger partial charge >= 0.3 is 5.97 Å². The maximum Gasteiger partial charge on any atom is 0.306 e. The molecule has 0 heterocycles. The van der Waals surface area contributed by atoms with Gasteiger partial charge in [0, 0.05) is 0 Å². The van der Waals surface area contributed by atoms with E-state index in [9.17, 15) is 9.90 Å². The maximum atomic E-state index is 10.5. The second-order valence-corrected chi connectivity index (χ2v) is 4.26. The van der Waals surface area contributed by atoms with E-state index in [1.54, 1.807) is 6.92 Å². The van der Waals surface area contributed by atoms with E-state index in [0.29, 0.717) is 0 Å². The molecule has 1 atom stereocenters. The Hall–Kier alpha value is -0.570. The highest BCUT2D eigenvalue weighted by molar-refractivity contribution is 5.68. The van der Waals surface area contributed by atoms with E-state index in [1.165, 1.54) is 6.42 Å². The summed E-state index contributed by atoms with van der Waals surface area (Å²) in [5.74, 6) is -0.729. The lowest BCUT2D eigenvalue weighted by atomic mass is 9.76. The highest BCUT2D eigenvalue weighted by atomic mass is 16.4. The monoisotopic (exact) mass is 186 g/mol. The fourth-order valence-corrected chi connectivity index (χ4v) is 2.17. The van der Waals surface area contributed by atoms with Gasteiger partial charge in [-0.05, 0) is 25.7 Å². The highest BCUT2D eigenvalue weighted by Crippen LogP contribution is 2.34. The molecule has 0 spiro atoms. The summed E-state index contributed by atoms with van der Waals surface area (Å²) in [6.07, 6.45) is 5.29. The second kappa shape index (κ2) is 4.09.